The van der Waals surface area contributed by atoms with Crippen LogP contribution in [-0.4, -0.2) is 61.3 Å². The minimum absolute atomic E-state index is 0.0138. The van der Waals surface area contributed by atoms with Crippen LogP contribution in [-0.2, 0) is 14.3 Å². The van der Waals surface area contributed by atoms with Crippen molar-refractivity contribution >= 4 is 11.9 Å². The Morgan fingerprint density at radius 3 is 2.94 bits per heavy atom. The smallest absolute Gasteiger partial charge is 0.323 e. The highest BCUT2D eigenvalue weighted by Gasteiger charge is 2.28. The third kappa shape index (κ3) is 3.79. The van der Waals surface area contributed by atoms with Gasteiger partial charge in [-0.05, 0) is 13.0 Å². The van der Waals surface area contributed by atoms with Gasteiger partial charge in [0.25, 0.3) is 0 Å². The second-order valence-corrected chi connectivity index (χ2v) is 3.74. The molecule has 6 nitrogen and oxygen atoms in total. The van der Waals surface area contributed by atoms with Crippen LogP contribution in [0.25, 0.3) is 0 Å². The van der Waals surface area contributed by atoms with Crippen LogP contribution in [0.5, 0.6) is 0 Å². The minimum atomic E-state index is -0.861. The molecule has 1 unspecified atom stereocenters. The lowest BCUT2D eigenvalue weighted by atomic mass is 10.2. The number of nitrogens with zero attached hydrogens (tertiary/aromatic N) is 1. The molecule has 1 aliphatic rings. The van der Waals surface area contributed by atoms with E-state index in [4.69, 9.17) is 9.84 Å². The van der Waals surface area contributed by atoms with Crippen molar-refractivity contribution in [2.24, 2.45) is 0 Å². The standard InChI is InChI=1S/C10H18N2O4/c1-11-9(13)3-2-4-12-5-6-16-7-8(12)10(14)15/h8H,2-7H2,1H3,(H,11,13)(H,14,15). The molecular weight excluding hydrogens is 212 g/mol. The average molecular weight is 230 g/mol. The lowest BCUT2D eigenvalue weighted by molar-refractivity contribution is -0.149. The maximum atomic E-state index is 11.0. The first-order valence-electron chi connectivity index (χ1n) is 5.40. The summed E-state index contributed by atoms with van der Waals surface area (Å²) in [4.78, 5) is 23.8. The minimum Gasteiger partial charge on any atom is -0.480 e. The molecule has 1 atom stereocenters. The fraction of sp³-hybridized carbons (Fsp3) is 0.800. The van der Waals surface area contributed by atoms with Crippen molar-refractivity contribution in [3.8, 4) is 0 Å². The van der Waals surface area contributed by atoms with Crippen molar-refractivity contribution in [3.05, 3.63) is 0 Å². The van der Waals surface area contributed by atoms with E-state index < -0.39 is 12.0 Å². The van der Waals surface area contributed by atoms with Gasteiger partial charge in [-0.2, -0.15) is 0 Å². The zero-order valence-electron chi connectivity index (χ0n) is 9.44. The number of ether oxygens (including phenoxy) is 1. The molecule has 1 amide bonds. The lowest BCUT2D eigenvalue weighted by Gasteiger charge is -2.32. The van der Waals surface area contributed by atoms with E-state index in [1.54, 1.807) is 7.05 Å². The van der Waals surface area contributed by atoms with Crippen LogP contribution in [0.1, 0.15) is 12.8 Å². The number of carboxylic acid groups (broad SMARTS) is 1. The molecule has 0 aromatic carbocycles. The Hall–Kier alpha value is -1.14. The Kier molecular flexibility index (Phi) is 5.21. The molecule has 2 N–H and O–H groups in total. The zero-order valence-corrected chi connectivity index (χ0v) is 9.44. The number of morpholine rings is 1. The molecule has 16 heavy (non-hydrogen) atoms. The number of carbonyl (C=O) groups excluding carboxylic acids is 1. The average Bonchev–Trinajstić information content (AvgIpc) is 2.29. The fourth-order valence-corrected chi connectivity index (χ4v) is 1.70. The van der Waals surface area contributed by atoms with E-state index in [0.29, 0.717) is 32.5 Å². The maximum absolute atomic E-state index is 11.0. The summed E-state index contributed by atoms with van der Waals surface area (Å²) in [6.07, 6.45) is 1.10. The van der Waals surface area contributed by atoms with Crippen LogP contribution in [0.15, 0.2) is 0 Å². The first-order valence-corrected chi connectivity index (χ1v) is 5.40. The fourth-order valence-electron chi connectivity index (χ4n) is 1.70. The van der Waals surface area contributed by atoms with Crippen LogP contribution in [0.2, 0.25) is 0 Å². The Labute approximate surface area is 94.6 Å². The molecule has 0 aliphatic carbocycles. The third-order valence-electron chi connectivity index (χ3n) is 2.65. The molecule has 0 radical (unpaired) electrons. The van der Waals surface area contributed by atoms with Crippen LogP contribution < -0.4 is 5.32 Å². The van der Waals surface area contributed by atoms with Crippen LogP contribution in [0.4, 0.5) is 0 Å². The number of amides is 1. The summed E-state index contributed by atoms with van der Waals surface area (Å²) >= 11 is 0. The van der Waals surface area contributed by atoms with Gasteiger partial charge >= 0.3 is 5.97 Å². The molecule has 0 bridgehead atoms. The Morgan fingerprint density at radius 1 is 1.56 bits per heavy atom. The van der Waals surface area contributed by atoms with E-state index in [-0.39, 0.29) is 12.5 Å². The Morgan fingerprint density at radius 2 is 2.31 bits per heavy atom. The number of carbonyl (C=O) groups is 2. The summed E-state index contributed by atoms with van der Waals surface area (Å²) in [5, 5.41) is 11.5. The zero-order chi connectivity index (χ0) is 12.0. The topological polar surface area (TPSA) is 78.9 Å². The number of rotatable bonds is 5. The summed E-state index contributed by atoms with van der Waals surface area (Å²) < 4.78 is 5.12. The number of carboxylic acids is 1. The highest BCUT2D eigenvalue weighted by atomic mass is 16.5. The van der Waals surface area contributed by atoms with Gasteiger partial charge in [0.15, 0.2) is 0 Å². The molecule has 0 spiro atoms. The van der Waals surface area contributed by atoms with Gasteiger partial charge in [-0.25, -0.2) is 0 Å². The summed E-state index contributed by atoms with van der Waals surface area (Å²) in [6, 6.07) is -0.571. The van der Waals surface area contributed by atoms with E-state index in [0.717, 1.165) is 0 Å². The van der Waals surface area contributed by atoms with Gasteiger partial charge < -0.3 is 15.2 Å². The molecule has 1 aliphatic heterocycles. The molecule has 0 aromatic heterocycles. The molecular formula is C10H18N2O4. The predicted octanol–water partition coefficient (Wildman–Crippen LogP) is -0.702. The van der Waals surface area contributed by atoms with E-state index in [1.807, 2.05) is 4.90 Å². The van der Waals surface area contributed by atoms with E-state index in [1.165, 1.54) is 0 Å². The van der Waals surface area contributed by atoms with Crippen LogP contribution in [0.3, 0.4) is 0 Å². The molecule has 92 valence electrons. The second kappa shape index (κ2) is 6.44. The van der Waals surface area contributed by atoms with Gasteiger partial charge in [0.1, 0.15) is 6.04 Å². The Balaban J connectivity index is 2.32. The molecule has 0 aromatic rings. The van der Waals surface area contributed by atoms with Crippen molar-refractivity contribution in [1.29, 1.82) is 0 Å². The summed E-state index contributed by atoms with van der Waals surface area (Å²) in [7, 11) is 1.59. The molecule has 1 rings (SSSR count). The van der Waals surface area contributed by atoms with Crippen molar-refractivity contribution in [2.45, 2.75) is 18.9 Å². The Bertz CT molecular complexity index is 257. The van der Waals surface area contributed by atoms with Gasteiger partial charge in [0.2, 0.25) is 5.91 Å². The van der Waals surface area contributed by atoms with E-state index in [2.05, 4.69) is 5.32 Å². The normalized spacial score (nSPS) is 21.7. The highest BCUT2D eigenvalue weighted by Crippen LogP contribution is 2.08. The molecule has 1 fully saturated rings. The molecule has 1 heterocycles. The van der Waals surface area contributed by atoms with Crippen LogP contribution in [0, 0.1) is 0 Å². The summed E-state index contributed by atoms with van der Waals surface area (Å²) in [6.45, 7) is 2.03. The van der Waals surface area contributed by atoms with Crippen molar-refractivity contribution in [1.82, 2.24) is 10.2 Å². The SMILES string of the molecule is CNC(=O)CCCN1CCOCC1C(=O)O. The van der Waals surface area contributed by atoms with Crippen molar-refractivity contribution in [3.63, 3.8) is 0 Å². The lowest BCUT2D eigenvalue weighted by Crippen LogP contribution is -2.50. The number of nitrogens with one attached hydrogen (secondary N) is 1. The van der Waals surface area contributed by atoms with Gasteiger partial charge in [0, 0.05) is 20.0 Å². The predicted molar refractivity (Wildman–Crippen MR) is 57.1 cm³/mol. The first kappa shape index (κ1) is 12.9. The molecule has 6 heteroatoms. The first-order chi connectivity index (χ1) is 7.65. The highest BCUT2D eigenvalue weighted by molar-refractivity contribution is 5.75. The molecule has 0 saturated carbocycles. The van der Waals surface area contributed by atoms with E-state index >= 15 is 0 Å². The van der Waals surface area contributed by atoms with Gasteiger partial charge in [0.05, 0.1) is 13.2 Å². The van der Waals surface area contributed by atoms with Gasteiger partial charge in [-0.1, -0.05) is 0 Å². The van der Waals surface area contributed by atoms with E-state index in [9.17, 15) is 9.59 Å². The third-order valence-corrected chi connectivity index (χ3v) is 2.65. The monoisotopic (exact) mass is 230 g/mol. The summed E-state index contributed by atoms with van der Waals surface area (Å²) in [5.41, 5.74) is 0. The number of aliphatic carboxylic acids is 1. The second-order valence-electron chi connectivity index (χ2n) is 3.74. The maximum Gasteiger partial charge on any atom is 0.323 e. The van der Waals surface area contributed by atoms with Crippen molar-refractivity contribution < 1.29 is 19.4 Å². The largest absolute Gasteiger partial charge is 0.480 e. The molecule has 1 saturated heterocycles. The van der Waals surface area contributed by atoms with Gasteiger partial charge in [-0.3, -0.25) is 14.5 Å². The van der Waals surface area contributed by atoms with Gasteiger partial charge in [-0.15, -0.1) is 0 Å². The van der Waals surface area contributed by atoms with Crippen molar-refractivity contribution in [2.75, 3.05) is 33.4 Å². The van der Waals surface area contributed by atoms with Crippen LogP contribution >= 0.6 is 0 Å². The summed E-state index contributed by atoms with van der Waals surface area (Å²) in [5.74, 6) is -0.875. The number of hydrogen-bond acceptors (Lipinski definition) is 4. The quantitative estimate of drug-likeness (QED) is 0.653. The number of hydrogen-bond donors (Lipinski definition) is 2.